The fourth-order valence-corrected chi connectivity index (χ4v) is 3.94. The summed E-state index contributed by atoms with van der Waals surface area (Å²) in [5.41, 5.74) is 1.52. The molecule has 6 rings (SSSR count). The number of nitrogens with one attached hydrogen (secondary N) is 2. The van der Waals surface area contributed by atoms with Gasteiger partial charge in [0, 0.05) is 34.8 Å². The number of carbonyl (C=O) groups is 1. The van der Waals surface area contributed by atoms with Crippen LogP contribution in [0.3, 0.4) is 0 Å². The number of furan rings is 1. The van der Waals surface area contributed by atoms with Gasteiger partial charge in [0.05, 0.1) is 10.9 Å². The first-order chi connectivity index (χ1) is 15.1. The molecule has 0 spiro atoms. The van der Waals surface area contributed by atoms with Crippen LogP contribution in [0, 0.1) is 0 Å². The topological polar surface area (TPSA) is 110 Å². The summed E-state index contributed by atoms with van der Waals surface area (Å²) in [5, 5.41) is 5.01. The SMILES string of the molecule is O=C(Nc1ccc2c(c1)oc1ccccc12)c1cnc2c(c1)c(=O)[nH]c(=O)n2C1CC1. The lowest BCUT2D eigenvalue weighted by atomic mass is 10.1. The number of hydrogen-bond acceptors (Lipinski definition) is 5. The van der Waals surface area contributed by atoms with Crippen molar-refractivity contribution in [2.75, 3.05) is 5.32 Å². The predicted octanol–water partition coefficient (Wildman–Crippen LogP) is 3.57. The van der Waals surface area contributed by atoms with E-state index < -0.39 is 17.2 Å². The number of rotatable bonds is 3. The minimum atomic E-state index is -0.553. The molecule has 0 bridgehead atoms. The summed E-state index contributed by atoms with van der Waals surface area (Å²) in [6, 6.07) is 14.7. The van der Waals surface area contributed by atoms with E-state index in [1.807, 2.05) is 30.3 Å². The number of para-hydroxylation sites is 1. The van der Waals surface area contributed by atoms with E-state index in [9.17, 15) is 14.4 Å². The number of fused-ring (bicyclic) bond motifs is 4. The van der Waals surface area contributed by atoms with Crippen molar-refractivity contribution in [1.82, 2.24) is 14.5 Å². The fourth-order valence-electron chi connectivity index (χ4n) is 3.94. The van der Waals surface area contributed by atoms with E-state index >= 15 is 0 Å². The lowest BCUT2D eigenvalue weighted by Crippen LogP contribution is -2.30. The molecule has 2 N–H and O–H groups in total. The van der Waals surface area contributed by atoms with Crippen LogP contribution >= 0.6 is 0 Å². The number of H-pyrrole nitrogens is 1. The molecule has 152 valence electrons. The molecule has 8 nitrogen and oxygen atoms in total. The first kappa shape index (κ1) is 17.6. The van der Waals surface area contributed by atoms with Gasteiger partial charge < -0.3 is 9.73 Å². The normalized spacial score (nSPS) is 13.8. The molecule has 2 aromatic carbocycles. The number of amides is 1. The molecule has 1 aliphatic carbocycles. The average molecular weight is 412 g/mol. The highest BCUT2D eigenvalue weighted by Gasteiger charge is 2.27. The van der Waals surface area contributed by atoms with Crippen molar-refractivity contribution in [3.63, 3.8) is 0 Å². The van der Waals surface area contributed by atoms with Gasteiger partial charge in [-0.15, -0.1) is 0 Å². The van der Waals surface area contributed by atoms with Crippen molar-refractivity contribution < 1.29 is 9.21 Å². The minimum absolute atomic E-state index is 0.0505. The van der Waals surface area contributed by atoms with Crippen LogP contribution in [-0.2, 0) is 0 Å². The van der Waals surface area contributed by atoms with E-state index in [2.05, 4.69) is 15.3 Å². The number of benzene rings is 2. The molecular weight excluding hydrogens is 396 g/mol. The summed E-state index contributed by atoms with van der Waals surface area (Å²) >= 11 is 0. The summed E-state index contributed by atoms with van der Waals surface area (Å²) in [4.78, 5) is 43.9. The number of anilines is 1. The van der Waals surface area contributed by atoms with E-state index in [0.29, 0.717) is 16.9 Å². The molecule has 0 saturated heterocycles. The van der Waals surface area contributed by atoms with Gasteiger partial charge in [0.25, 0.3) is 11.5 Å². The number of pyridine rings is 1. The maximum Gasteiger partial charge on any atom is 0.330 e. The van der Waals surface area contributed by atoms with Gasteiger partial charge in [-0.05, 0) is 37.1 Å². The number of carbonyl (C=O) groups excluding carboxylic acids is 1. The Hall–Kier alpha value is -4.20. The van der Waals surface area contributed by atoms with E-state index in [1.54, 1.807) is 12.1 Å². The number of aromatic amines is 1. The van der Waals surface area contributed by atoms with Crippen LogP contribution in [0.2, 0.25) is 0 Å². The molecule has 31 heavy (non-hydrogen) atoms. The van der Waals surface area contributed by atoms with Gasteiger partial charge in [-0.1, -0.05) is 18.2 Å². The average Bonchev–Trinajstić information content (AvgIpc) is 3.53. The van der Waals surface area contributed by atoms with Crippen LogP contribution < -0.4 is 16.6 Å². The van der Waals surface area contributed by atoms with E-state index in [1.165, 1.54) is 16.8 Å². The van der Waals surface area contributed by atoms with Gasteiger partial charge in [-0.25, -0.2) is 9.78 Å². The molecule has 1 saturated carbocycles. The second-order valence-electron chi connectivity index (χ2n) is 7.72. The molecule has 0 unspecified atom stereocenters. The molecule has 1 aliphatic rings. The van der Waals surface area contributed by atoms with Crippen LogP contribution in [-0.4, -0.2) is 20.4 Å². The zero-order chi connectivity index (χ0) is 21.1. The maximum absolute atomic E-state index is 12.8. The fraction of sp³-hybridized carbons (Fsp3) is 0.130. The lowest BCUT2D eigenvalue weighted by Gasteiger charge is -2.09. The van der Waals surface area contributed by atoms with Gasteiger partial charge in [-0.3, -0.25) is 19.1 Å². The molecular formula is C23H16N4O4. The van der Waals surface area contributed by atoms with E-state index in [0.717, 1.165) is 29.2 Å². The zero-order valence-electron chi connectivity index (χ0n) is 16.2. The van der Waals surface area contributed by atoms with Crippen molar-refractivity contribution in [2.24, 2.45) is 0 Å². The van der Waals surface area contributed by atoms with E-state index in [4.69, 9.17) is 4.42 Å². The predicted molar refractivity (Wildman–Crippen MR) is 117 cm³/mol. The number of nitrogens with zero attached hydrogens (tertiary/aromatic N) is 2. The molecule has 1 fully saturated rings. The third kappa shape index (κ3) is 2.83. The second kappa shape index (κ2) is 6.40. The summed E-state index contributed by atoms with van der Waals surface area (Å²) in [6.45, 7) is 0. The summed E-state index contributed by atoms with van der Waals surface area (Å²) in [5.74, 6) is -0.409. The summed E-state index contributed by atoms with van der Waals surface area (Å²) in [6.07, 6.45) is 3.12. The molecule has 0 atom stereocenters. The summed E-state index contributed by atoms with van der Waals surface area (Å²) in [7, 11) is 0. The smallest absolute Gasteiger partial charge is 0.330 e. The first-order valence-electron chi connectivity index (χ1n) is 9.96. The van der Waals surface area contributed by atoms with Crippen molar-refractivity contribution in [3.05, 3.63) is 81.1 Å². The van der Waals surface area contributed by atoms with Crippen molar-refractivity contribution >= 4 is 44.6 Å². The van der Waals surface area contributed by atoms with Crippen molar-refractivity contribution in [3.8, 4) is 0 Å². The Balaban J connectivity index is 1.37. The monoisotopic (exact) mass is 412 g/mol. The maximum atomic E-state index is 12.8. The van der Waals surface area contributed by atoms with Gasteiger partial charge >= 0.3 is 5.69 Å². The van der Waals surface area contributed by atoms with Crippen LogP contribution in [0.1, 0.15) is 29.2 Å². The first-order valence-corrected chi connectivity index (χ1v) is 9.96. The summed E-state index contributed by atoms with van der Waals surface area (Å²) < 4.78 is 7.36. The van der Waals surface area contributed by atoms with Crippen LogP contribution in [0.25, 0.3) is 33.0 Å². The van der Waals surface area contributed by atoms with Gasteiger partial charge in [-0.2, -0.15) is 0 Å². The Kier molecular flexibility index (Phi) is 3.64. The Labute approximate surface area is 174 Å². The third-order valence-corrected chi connectivity index (χ3v) is 5.59. The highest BCUT2D eigenvalue weighted by atomic mass is 16.3. The molecule has 3 aromatic heterocycles. The molecule has 0 aliphatic heterocycles. The standard InChI is InChI=1S/C23H16N4O4/c28-21(25-13-5-8-16-15-3-1-2-4-18(15)31-19(16)10-13)12-9-17-20(24-11-12)27(14-6-7-14)23(30)26-22(17)29/h1-5,8-11,14H,6-7H2,(H,25,28)(H,26,29,30). The quantitative estimate of drug-likeness (QED) is 0.471. The van der Waals surface area contributed by atoms with Crippen LogP contribution in [0.4, 0.5) is 5.69 Å². The zero-order valence-corrected chi connectivity index (χ0v) is 16.2. The van der Waals surface area contributed by atoms with Gasteiger partial charge in [0.2, 0.25) is 0 Å². The Morgan fingerprint density at radius 1 is 1.03 bits per heavy atom. The molecule has 1 amide bonds. The van der Waals surface area contributed by atoms with Crippen LogP contribution in [0.15, 0.2) is 68.7 Å². The second-order valence-corrected chi connectivity index (χ2v) is 7.72. The van der Waals surface area contributed by atoms with Gasteiger partial charge in [0.1, 0.15) is 16.8 Å². The largest absolute Gasteiger partial charge is 0.456 e. The van der Waals surface area contributed by atoms with Crippen molar-refractivity contribution in [1.29, 1.82) is 0 Å². The molecule has 3 heterocycles. The van der Waals surface area contributed by atoms with Crippen molar-refractivity contribution in [2.45, 2.75) is 18.9 Å². The Bertz CT molecular complexity index is 1640. The number of aromatic nitrogens is 3. The number of hydrogen-bond donors (Lipinski definition) is 2. The lowest BCUT2D eigenvalue weighted by molar-refractivity contribution is 0.102. The molecule has 8 heteroatoms. The third-order valence-electron chi connectivity index (χ3n) is 5.59. The molecule has 5 aromatic rings. The highest BCUT2D eigenvalue weighted by Crippen LogP contribution is 2.35. The Morgan fingerprint density at radius 2 is 1.84 bits per heavy atom. The van der Waals surface area contributed by atoms with E-state index in [-0.39, 0.29) is 17.0 Å². The molecule has 0 radical (unpaired) electrons. The Morgan fingerprint density at radius 3 is 2.68 bits per heavy atom. The highest BCUT2D eigenvalue weighted by molar-refractivity contribution is 6.09. The minimum Gasteiger partial charge on any atom is -0.456 e. The van der Waals surface area contributed by atoms with Gasteiger partial charge in [0.15, 0.2) is 0 Å². The van der Waals surface area contributed by atoms with Crippen LogP contribution in [0.5, 0.6) is 0 Å².